The molecular weight excluding hydrogens is 290 g/mol. The lowest BCUT2D eigenvalue weighted by Crippen LogP contribution is -2.46. The molecule has 2 rings (SSSR count). The third-order valence-electron chi connectivity index (χ3n) is 4.09. The first-order chi connectivity index (χ1) is 10.9. The zero-order valence-electron chi connectivity index (χ0n) is 13.7. The smallest absolute Gasteiger partial charge is 0.237 e. The molecule has 0 fully saturated rings. The minimum Gasteiger partial charge on any atom is -0.369 e. The summed E-state index contributed by atoms with van der Waals surface area (Å²) in [6, 6.07) is 13.6. The number of amides is 2. The van der Waals surface area contributed by atoms with Gasteiger partial charge in [-0.1, -0.05) is 42.5 Å². The van der Waals surface area contributed by atoms with Crippen LogP contribution >= 0.6 is 0 Å². The molecule has 5 nitrogen and oxygen atoms in total. The standard InChI is InChI=1S/C18H23N3O2/c1-12(20-18(23)13(2)21(3)11-17(19)22)15-10-6-8-14-7-4-5-9-16(14)15/h4-10,12-13H,11H2,1-3H3,(H2,19,22)(H,20,23)/t12-,13-/m1/s1. The Hall–Kier alpha value is -2.40. The molecule has 0 radical (unpaired) electrons. The van der Waals surface area contributed by atoms with E-state index < -0.39 is 11.9 Å². The summed E-state index contributed by atoms with van der Waals surface area (Å²) in [7, 11) is 1.71. The second kappa shape index (κ2) is 7.24. The zero-order chi connectivity index (χ0) is 17.0. The Morgan fingerprint density at radius 1 is 1.13 bits per heavy atom. The molecule has 0 saturated heterocycles. The van der Waals surface area contributed by atoms with Crippen LogP contribution in [0.5, 0.6) is 0 Å². The fraction of sp³-hybridized carbons (Fsp3) is 0.333. The summed E-state index contributed by atoms with van der Waals surface area (Å²) in [6.45, 7) is 3.77. The lowest BCUT2D eigenvalue weighted by Gasteiger charge is -2.25. The number of hydrogen-bond donors (Lipinski definition) is 2. The maximum absolute atomic E-state index is 12.4. The van der Waals surface area contributed by atoms with Crippen molar-refractivity contribution in [3.05, 3.63) is 48.0 Å². The van der Waals surface area contributed by atoms with E-state index >= 15 is 0 Å². The molecule has 5 heteroatoms. The van der Waals surface area contributed by atoms with Crippen molar-refractivity contribution in [1.82, 2.24) is 10.2 Å². The van der Waals surface area contributed by atoms with Crippen molar-refractivity contribution in [2.45, 2.75) is 25.9 Å². The number of nitrogens with zero attached hydrogens (tertiary/aromatic N) is 1. The zero-order valence-corrected chi connectivity index (χ0v) is 13.7. The third-order valence-corrected chi connectivity index (χ3v) is 4.09. The van der Waals surface area contributed by atoms with E-state index in [2.05, 4.69) is 23.5 Å². The lowest BCUT2D eigenvalue weighted by atomic mass is 9.99. The van der Waals surface area contributed by atoms with Crippen molar-refractivity contribution >= 4 is 22.6 Å². The number of fused-ring (bicyclic) bond motifs is 1. The fourth-order valence-corrected chi connectivity index (χ4v) is 2.62. The molecule has 2 aromatic rings. The summed E-state index contributed by atoms with van der Waals surface area (Å²) in [5.41, 5.74) is 6.24. The summed E-state index contributed by atoms with van der Waals surface area (Å²) >= 11 is 0. The molecule has 0 heterocycles. The maximum atomic E-state index is 12.4. The Morgan fingerprint density at radius 2 is 1.78 bits per heavy atom. The van der Waals surface area contributed by atoms with Gasteiger partial charge in [-0.05, 0) is 37.2 Å². The first kappa shape index (κ1) is 17.0. The molecule has 122 valence electrons. The highest BCUT2D eigenvalue weighted by Gasteiger charge is 2.21. The van der Waals surface area contributed by atoms with E-state index in [0.29, 0.717) is 0 Å². The van der Waals surface area contributed by atoms with Gasteiger partial charge in [0.25, 0.3) is 0 Å². The van der Waals surface area contributed by atoms with Gasteiger partial charge < -0.3 is 11.1 Å². The van der Waals surface area contributed by atoms with Crippen LogP contribution in [-0.2, 0) is 9.59 Å². The monoisotopic (exact) mass is 313 g/mol. The van der Waals surface area contributed by atoms with Crippen LogP contribution in [0.1, 0.15) is 25.5 Å². The van der Waals surface area contributed by atoms with Crippen molar-refractivity contribution in [2.75, 3.05) is 13.6 Å². The quantitative estimate of drug-likeness (QED) is 0.854. The van der Waals surface area contributed by atoms with Gasteiger partial charge in [-0.15, -0.1) is 0 Å². The van der Waals surface area contributed by atoms with Gasteiger partial charge in [-0.3, -0.25) is 14.5 Å². The van der Waals surface area contributed by atoms with Gasteiger partial charge in [0.05, 0.1) is 18.6 Å². The van der Waals surface area contributed by atoms with Crippen LogP contribution in [0.25, 0.3) is 10.8 Å². The highest BCUT2D eigenvalue weighted by atomic mass is 16.2. The van der Waals surface area contributed by atoms with Gasteiger partial charge in [0.1, 0.15) is 0 Å². The van der Waals surface area contributed by atoms with Gasteiger partial charge in [0, 0.05) is 0 Å². The van der Waals surface area contributed by atoms with Crippen molar-refractivity contribution in [3.8, 4) is 0 Å². The van der Waals surface area contributed by atoms with E-state index in [1.54, 1.807) is 18.9 Å². The molecule has 0 aliphatic heterocycles. The number of hydrogen-bond acceptors (Lipinski definition) is 3. The largest absolute Gasteiger partial charge is 0.369 e. The molecule has 0 aliphatic carbocycles. The Labute approximate surface area is 136 Å². The SMILES string of the molecule is C[C@H](C(=O)N[C@H](C)c1cccc2ccccc12)N(C)CC(N)=O. The number of benzene rings is 2. The van der Waals surface area contributed by atoms with Gasteiger partial charge in [0.15, 0.2) is 0 Å². The molecule has 0 spiro atoms. The van der Waals surface area contributed by atoms with Gasteiger partial charge in [-0.2, -0.15) is 0 Å². The van der Waals surface area contributed by atoms with Gasteiger partial charge in [-0.25, -0.2) is 0 Å². The van der Waals surface area contributed by atoms with E-state index in [1.807, 2.05) is 31.2 Å². The second-order valence-electron chi connectivity index (χ2n) is 5.86. The first-order valence-corrected chi connectivity index (χ1v) is 7.66. The normalized spacial score (nSPS) is 13.7. The number of nitrogens with one attached hydrogen (secondary N) is 1. The van der Waals surface area contributed by atoms with Gasteiger partial charge in [0.2, 0.25) is 11.8 Å². The van der Waals surface area contributed by atoms with E-state index in [9.17, 15) is 9.59 Å². The van der Waals surface area contributed by atoms with Crippen LogP contribution in [0.15, 0.2) is 42.5 Å². The van der Waals surface area contributed by atoms with Crippen molar-refractivity contribution in [1.29, 1.82) is 0 Å². The highest BCUT2D eigenvalue weighted by molar-refractivity contribution is 5.87. The number of likely N-dealkylation sites (N-methyl/N-ethyl adjacent to an activating group) is 1. The fourth-order valence-electron chi connectivity index (χ4n) is 2.62. The topological polar surface area (TPSA) is 75.4 Å². The molecular formula is C18H23N3O2. The Kier molecular flexibility index (Phi) is 5.34. The van der Waals surface area contributed by atoms with Crippen LogP contribution in [0.3, 0.4) is 0 Å². The van der Waals surface area contributed by atoms with Crippen molar-refractivity contribution in [3.63, 3.8) is 0 Å². The number of primary amides is 1. The first-order valence-electron chi connectivity index (χ1n) is 7.66. The molecule has 0 bridgehead atoms. The summed E-state index contributed by atoms with van der Waals surface area (Å²) in [6.07, 6.45) is 0. The van der Waals surface area contributed by atoms with E-state index in [0.717, 1.165) is 16.3 Å². The second-order valence-corrected chi connectivity index (χ2v) is 5.86. The maximum Gasteiger partial charge on any atom is 0.237 e. The van der Waals surface area contributed by atoms with Crippen LogP contribution in [0.4, 0.5) is 0 Å². The Balaban J connectivity index is 2.13. The average Bonchev–Trinajstić information content (AvgIpc) is 2.52. The average molecular weight is 313 g/mol. The lowest BCUT2D eigenvalue weighted by molar-refractivity contribution is -0.127. The minimum absolute atomic E-state index is 0.0528. The molecule has 0 aliphatic rings. The van der Waals surface area contributed by atoms with Gasteiger partial charge >= 0.3 is 0 Å². The molecule has 0 unspecified atom stereocenters. The number of carbonyl (C=O) groups is 2. The highest BCUT2D eigenvalue weighted by Crippen LogP contribution is 2.24. The van der Waals surface area contributed by atoms with Crippen molar-refractivity contribution < 1.29 is 9.59 Å². The summed E-state index contributed by atoms with van der Waals surface area (Å²) in [5, 5.41) is 5.28. The molecule has 2 aromatic carbocycles. The van der Waals surface area contributed by atoms with Crippen LogP contribution in [-0.4, -0.2) is 36.3 Å². The molecule has 3 N–H and O–H groups in total. The van der Waals surface area contributed by atoms with E-state index in [4.69, 9.17) is 5.73 Å². The van der Waals surface area contributed by atoms with E-state index in [-0.39, 0.29) is 18.5 Å². The predicted octanol–water partition coefficient (Wildman–Crippen LogP) is 1.82. The molecule has 0 aromatic heterocycles. The van der Waals surface area contributed by atoms with Crippen LogP contribution in [0.2, 0.25) is 0 Å². The summed E-state index contributed by atoms with van der Waals surface area (Å²) in [5.74, 6) is -0.580. The van der Waals surface area contributed by atoms with E-state index in [1.165, 1.54) is 0 Å². The minimum atomic E-state index is -0.450. The molecule has 23 heavy (non-hydrogen) atoms. The number of nitrogens with two attached hydrogens (primary N) is 1. The Bertz CT molecular complexity index is 709. The molecule has 2 atom stereocenters. The predicted molar refractivity (Wildman–Crippen MR) is 91.8 cm³/mol. The Morgan fingerprint density at radius 3 is 2.48 bits per heavy atom. The number of rotatable bonds is 6. The van der Waals surface area contributed by atoms with Crippen LogP contribution in [0, 0.1) is 0 Å². The van der Waals surface area contributed by atoms with Crippen molar-refractivity contribution in [2.24, 2.45) is 5.73 Å². The molecule has 2 amide bonds. The number of carbonyl (C=O) groups excluding carboxylic acids is 2. The third kappa shape index (κ3) is 4.07. The summed E-state index contributed by atoms with van der Waals surface area (Å²) in [4.78, 5) is 25.0. The van der Waals surface area contributed by atoms with Crippen LogP contribution < -0.4 is 11.1 Å². The summed E-state index contributed by atoms with van der Waals surface area (Å²) < 4.78 is 0. The molecule has 0 saturated carbocycles.